The third-order valence-electron chi connectivity index (χ3n) is 4.94. The summed E-state index contributed by atoms with van der Waals surface area (Å²) >= 11 is 6.06. The monoisotopic (exact) mass is 396 g/mol. The Morgan fingerprint density at radius 3 is 2.71 bits per heavy atom. The molecule has 5 nitrogen and oxygen atoms in total. The Balaban J connectivity index is 1.91. The quantitative estimate of drug-likeness (QED) is 0.605. The number of nitrogens with zero attached hydrogens (tertiary/aromatic N) is 2. The van der Waals surface area contributed by atoms with Crippen LogP contribution in [0.15, 0.2) is 47.5 Å². The van der Waals surface area contributed by atoms with Crippen LogP contribution in [0.3, 0.4) is 0 Å². The molecule has 0 amide bonds. The molecule has 0 atom stereocenters. The number of carbonyl (C=O) groups is 1. The predicted molar refractivity (Wildman–Crippen MR) is 111 cm³/mol. The van der Waals surface area contributed by atoms with Gasteiger partial charge in [-0.25, -0.2) is 0 Å². The van der Waals surface area contributed by atoms with Gasteiger partial charge in [0.15, 0.2) is 0 Å². The zero-order valence-corrected chi connectivity index (χ0v) is 16.6. The van der Waals surface area contributed by atoms with Crippen molar-refractivity contribution in [2.45, 2.75) is 19.8 Å². The van der Waals surface area contributed by atoms with Crippen molar-refractivity contribution in [1.29, 1.82) is 0 Å². The van der Waals surface area contributed by atoms with E-state index in [1.54, 1.807) is 7.11 Å². The lowest BCUT2D eigenvalue weighted by Gasteiger charge is -2.19. The molecular weight excluding hydrogens is 376 g/mol. The maximum absolute atomic E-state index is 12.3. The molecule has 2 aromatic carbocycles. The van der Waals surface area contributed by atoms with Crippen LogP contribution in [0.2, 0.25) is 5.02 Å². The molecule has 1 aromatic heterocycles. The highest BCUT2D eigenvalue weighted by Crippen LogP contribution is 2.33. The van der Waals surface area contributed by atoms with Crippen molar-refractivity contribution >= 4 is 34.3 Å². The molecule has 28 heavy (non-hydrogen) atoms. The van der Waals surface area contributed by atoms with Gasteiger partial charge in [0.25, 0.3) is 0 Å². The third-order valence-corrected chi connectivity index (χ3v) is 5.19. The largest absolute Gasteiger partial charge is 0.497 e. The Labute approximate surface area is 168 Å². The predicted octanol–water partition coefficient (Wildman–Crippen LogP) is 4.26. The van der Waals surface area contributed by atoms with E-state index in [9.17, 15) is 4.79 Å². The molecule has 6 heteroatoms. The van der Waals surface area contributed by atoms with E-state index in [1.807, 2.05) is 49.4 Å². The molecular formula is C22H21ClN2O3. The highest BCUT2D eigenvalue weighted by atomic mass is 35.5. The number of halogens is 1. The van der Waals surface area contributed by atoms with Crippen LogP contribution in [0.25, 0.3) is 10.9 Å². The fourth-order valence-electron chi connectivity index (χ4n) is 3.73. The van der Waals surface area contributed by atoms with Crippen LogP contribution in [0.5, 0.6) is 5.75 Å². The number of fused-ring (bicyclic) bond motifs is 3. The van der Waals surface area contributed by atoms with Crippen molar-refractivity contribution < 1.29 is 14.3 Å². The molecule has 0 aliphatic carbocycles. The minimum absolute atomic E-state index is 0.226. The van der Waals surface area contributed by atoms with Crippen molar-refractivity contribution in [3.63, 3.8) is 0 Å². The van der Waals surface area contributed by atoms with Gasteiger partial charge in [-0.2, -0.15) is 0 Å². The summed E-state index contributed by atoms with van der Waals surface area (Å²) in [4.78, 5) is 17.1. The molecule has 0 fully saturated rings. The summed E-state index contributed by atoms with van der Waals surface area (Å²) in [5, 5.41) is 1.68. The van der Waals surface area contributed by atoms with Crippen molar-refractivity contribution in [2.24, 2.45) is 4.99 Å². The molecule has 0 N–H and O–H groups in total. The lowest BCUT2D eigenvalue weighted by atomic mass is 10.0. The fraction of sp³-hybridized carbons (Fsp3) is 0.273. The second-order valence-corrected chi connectivity index (χ2v) is 7.02. The van der Waals surface area contributed by atoms with E-state index in [4.69, 9.17) is 26.1 Å². The molecule has 0 saturated carbocycles. The van der Waals surface area contributed by atoms with Crippen LogP contribution in [-0.4, -0.2) is 36.6 Å². The molecule has 3 aromatic rings. The first-order chi connectivity index (χ1) is 13.6. The minimum atomic E-state index is -0.226. The van der Waals surface area contributed by atoms with E-state index in [0.29, 0.717) is 18.2 Å². The molecule has 0 bridgehead atoms. The van der Waals surface area contributed by atoms with Gasteiger partial charge < -0.3 is 9.47 Å². The van der Waals surface area contributed by atoms with E-state index in [1.165, 1.54) is 0 Å². The Hall–Kier alpha value is -2.79. The summed E-state index contributed by atoms with van der Waals surface area (Å²) in [5.41, 5.74) is 4.06. The number of aromatic nitrogens is 1. The van der Waals surface area contributed by atoms with E-state index in [-0.39, 0.29) is 12.4 Å². The molecule has 0 spiro atoms. The average molecular weight is 397 g/mol. The third kappa shape index (κ3) is 3.27. The number of hydrogen-bond donors (Lipinski definition) is 0. The van der Waals surface area contributed by atoms with Gasteiger partial charge in [-0.3, -0.25) is 14.4 Å². The summed E-state index contributed by atoms with van der Waals surface area (Å²) in [6, 6.07) is 13.6. The van der Waals surface area contributed by atoms with Crippen LogP contribution in [0.1, 0.15) is 23.7 Å². The van der Waals surface area contributed by atoms with Gasteiger partial charge >= 0.3 is 5.97 Å². The molecule has 2 heterocycles. The molecule has 1 aliphatic rings. The second-order valence-electron chi connectivity index (χ2n) is 6.59. The van der Waals surface area contributed by atoms with Crippen molar-refractivity contribution in [3.05, 3.63) is 64.3 Å². The normalized spacial score (nSPS) is 13.2. The van der Waals surface area contributed by atoms with Crippen LogP contribution in [-0.2, 0) is 22.4 Å². The first-order valence-electron chi connectivity index (χ1n) is 9.29. The topological polar surface area (TPSA) is 52.8 Å². The number of rotatable bonds is 5. The molecule has 0 unspecified atom stereocenters. The van der Waals surface area contributed by atoms with Crippen molar-refractivity contribution in [1.82, 2.24) is 4.57 Å². The van der Waals surface area contributed by atoms with Crippen LogP contribution in [0, 0.1) is 0 Å². The average Bonchev–Trinajstić information content (AvgIpc) is 3.02. The van der Waals surface area contributed by atoms with Crippen LogP contribution in [0.4, 0.5) is 0 Å². The fourth-order valence-corrected chi connectivity index (χ4v) is 3.86. The van der Waals surface area contributed by atoms with Gasteiger partial charge in [0.1, 0.15) is 11.6 Å². The molecule has 0 radical (unpaired) electrons. The van der Waals surface area contributed by atoms with E-state index in [0.717, 1.165) is 45.7 Å². The van der Waals surface area contributed by atoms with E-state index in [2.05, 4.69) is 4.57 Å². The van der Waals surface area contributed by atoms with Gasteiger partial charge in [0.2, 0.25) is 0 Å². The van der Waals surface area contributed by atoms with Gasteiger partial charge in [-0.05, 0) is 55.0 Å². The van der Waals surface area contributed by atoms with E-state index >= 15 is 0 Å². The zero-order valence-electron chi connectivity index (χ0n) is 15.9. The summed E-state index contributed by atoms with van der Waals surface area (Å²) < 4.78 is 12.8. The number of ether oxygens (including phenoxy) is 2. The number of esters is 1. The summed E-state index contributed by atoms with van der Waals surface area (Å²) in [6.45, 7) is 2.86. The van der Waals surface area contributed by atoms with Gasteiger partial charge in [-0.15, -0.1) is 0 Å². The second kappa shape index (κ2) is 7.68. The first-order valence-corrected chi connectivity index (χ1v) is 9.66. The van der Waals surface area contributed by atoms with Gasteiger partial charge in [0, 0.05) is 34.6 Å². The number of carbonyl (C=O) groups excluding carboxylic acids is 1. The lowest BCUT2D eigenvalue weighted by molar-refractivity contribution is -0.142. The summed E-state index contributed by atoms with van der Waals surface area (Å²) in [7, 11) is 1.64. The Bertz CT molecular complexity index is 1070. The maximum Gasteiger partial charge on any atom is 0.310 e. The maximum atomic E-state index is 12.3. The standard InChI is InChI=1S/C22H21ClN2O3/c1-3-28-21(26)13-18-17-12-16(27-2)8-9-19(17)25-20(18)10-11-24-22(25)14-4-6-15(23)7-5-14/h4-9,12H,3,10-11,13H2,1-2H3. The highest BCUT2D eigenvalue weighted by Gasteiger charge is 2.25. The molecule has 4 rings (SSSR count). The molecule has 144 valence electrons. The van der Waals surface area contributed by atoms with Crippen LogP contribution >= 0.6 is 11.6 Å². The summed E-state index contributed by atoms with van der Waals surface area (Å²) in [6.07, 6.45) is 0.997. The minimum Gasteiger partial charge on any atom is -0.497 e. The molecule has 0 saturated heterocycles. The SMILES string of the molecule is CCOC(=O)Cc1c2n(c3ccc(OC)cc13)C(c1ccc(Cl)cc1)=NCC2. The van der Waals surface area contributed by atoms with Crippen LogP contribution < -0.4 is 4.74 Å². The summed E-state index contributed by atoms with van der Waals surface area (Å²) in [5.74, 6) is 1.39. The Morgan fingerprint density at radius 1 is 1.21 bits per heavy atom. The Kier molecular flexibility index (Phi) is 5.09. The number of aliphatic imine (C=N–C) groups is 1. The number of methoxy groups -OCH3 is 1. The first kappa shape index (κ1) is 18.6. The van der Waals surface area contributed by atoms with Gasteiger partial charge in [0.05, 0.1) is 25.7 Å². The van der Waals surface area contributed by atoms with Crippen molar-refractivity contribution in [3.8, 4) is 5.75 Å². The number of hydrogen-bond acceptors (Lipinski definition) is 4. The lowest BCUT2D eigenvalue weighted by Crippen LogP contribution is -2.23. The smallest absolute Gasteiger partial charge is 0.310 e. The zero-order chi connectivity index (χ0) is 19.7. The van der Waals surface area contributed by atoms with Crippen molar-refractivity contribution in [2.75, 3.05) is 20.3 Å². The molecule has 1 aliphatic heterocycles. The van der Waals surface area contributed by atoms with E-state index < -0.39 is 0 Å². The Morgan fingerprint density at radius 2 is 2.00 bits per heavy atom. The number of benzene rings is 2. The highest BCUT2D eigenvalue weighted by molar-refractivity contribution is 6.30. The van der Waals surface area contributed by atoms with Gasteiger partial charge in [-0.1, -0.05) is 11.6 Å².